The van der Waals surface area contributed by atoms with Gasteiger partial charge in [-0.1, -0.05) is 0 Å². The zero-order valence-corrected chi connectivity index (χ0v) is 13.7. The van der Waals surface area contributed by atoms with Crippen LogP contribution in [0.25, 0.3) is 0 Å². The van der Waals surface area contributed by atoms with E-state index in [1.165, 1.54) is 0 Å². The molecule has 1 aromatic heterocycles. The van der Waals surface area contributed by atoms with Crippen LogP contribution in [0.2, 0.25) is 0 Å². The highest BCUT2D eigenvalue weighted by Gasteiger charge is 2.34. The van der Waals surface area contributed by atoms with Gasteiger partial charge in [0.15, 0.2) is 17.5 Å². The molecule has 2 N–H and O–H groups in total. The third-order valence-electron chi connectivity index (χ3n) is 3.39. The van der Waals surface area contributed by atoms with Gasteiger partial charge in [-0.3, -0.25) is 14.4 Å². The first-order valence-electron chi connectivity index (χ1n) is 7.47. The Morgan fingerprint density at radius 2 is 1.68 bits per heavy atom. The first-order chi connectivity index (χ1) is 13.0. The van der Waals surface area contributed by atoms with Crippen molar-refractivity contribution in [3.05, 3.63) is 63.8 Å². The number of rotatable bonds is 5. The summed E-state index contributed by atoms with van der Waals surface area (Å²) in [6.45, 7) is -1.57. The van der Waals surface area contributed by atoms with Gasteiger partial charge in [-0.2, -0.15) is 13.2 Å². The Morgan fingerprint density at radius 1 is 1.00 bits per heavy atom. The number of pyridine rings is 1. The van der Waals surface area contributed by atoms with E-state index in [0.29, 0.717) is 16.7 Å². The summed E-state index contributed by atoms with van der Waals surface area (Å²) >= 11 is 0. The molecule has 150 valence electrons. The molecule has 0 aliphatic heterocycles. The van der Waals surface area contributed by atoms with Crippen LogP contribution < -0.4 is 16.2 Å². The molecule has 0 fully saturated rings. The van der Waals surface area contributed by atoms with Gasteiger partial charge in [0.25, 0.3) is 5.56 Å². The molecule has 12 heteroatoms. The SMILES string of the molecule is O=C(Cn1cccc(C(F)(F)F)c1=O)NCC(=O)Nc1ccc(F)c(F)c1F. The molecule has 0 saturated heterocycles. The minimum Gasteiger partial charge on any atom is -0.345 e. The van der Waals surface area contributed by atoms with Gasteiger partial charge in [0.2, 0.25) is 11.8 Å². The average molecular weight is 407 g/mol. The number of aromatic nitrogens is 1. The zero-order chi connectivity index (χ0) is 21.1. The van der Waals surface area contributed by atoms with Gasteiger partial charge in [0.1, 0.15) is 12.1 Å². The molecule has 2 aromatic rings. The van der Waals surface area contributed by atoms with Crippen LogP contribution >= 0.6 is 0 Å². The van der Waals surface area contributed by atoms with Crippen LogP contribution in [0.3, 0.4) is 0 Å². The van der Waals surface area contributed by atoms with Crippen molar-refractivity contribution >= 4 is 17.5 Å². The third-order valence-corrected chi connectivity index (χ3v) is 3.39. The molecule has 2 rings (SSSR count). The second kappa shape index (κ2) is 8.15. The van der Waals surface area contributed by atoms with Gasteiger partial charge in [0.05, 0.1) is 12.2 Å². The van der Waals surface area contributed by atoms with Crippen molar-refractivity contribution in [3.8, 4) is 0 Å². The minimum absolute atomic E-state index is 0.491. The summed E-state index contributed by atoms with van der Waals surface area (Å²) in [5.41, 5.74) is -3.58. The predicted octanol–water partition coefficient (Wildman–Crippen LogP) is 2.04. The second-order valence-electron chi connectivity index (χ2n) is 5.40. The second-order valence-corrected chi connectivity index (χ2v) is 5.40. The number of nitrogens with one attached hydrogen (secondary N) is 2. The first-order valence-corrected chi connectivity index (χ1v) is 7.47. The van der Waals surface area contributed by atoms with Crippen molar-refractivity contribution in [1.82, 2.24) is 9.88 Å². The van der Waals surface area contributed by atoms with Gasteiger partial charge in [-0.15, -0.1) is 0 Å². The number of hydrogen-bond donors (Lipinski definition) is 2. The highest BCUT2D eigenvalue weighted by Crippen LogP contribution is 2.26. The molecule has 1 heterocycles. The highest BCUT2D eigenvalue weighted by atomic mass is 19.4. The number of nitrogens with zero attached hydrogens (tertiary/aromatic N) is 1. The van der Waals surface area contributed by atoms with E-state index < -0.39 is 65.3 Å². The molecular formula is C16H11F6N3O3. The van der Waals surface area contributed by atoms with Gasteiger partial charge < -0.3 is 15.2 Å². The average Bonchev–Trinajstić information content (AvgIpc) is 2.61. The first kappa shape index (κ1) is 21.0. The maximum atomic E-state index is 13.4. The third kappa shape index (κ3) is 4.90. The Kier molecular flexibility index (Phi) is 6.11. The molecule has 28 heavy (non-hydrogen) atoms. The Bertz CT molecular complexity index is 971. The number of hydrogen-bond acceptors (Lipinski definition) is 3. The van der Waals surface area contributed by atoms with Crippen LogP contribution in [0.4, 0.5) is 32.0 Å². The van der Waals surface area contributed by atoms with E-state index in [1.54, 1.807) is 0 Å². The fourth-order valence-electron chi connectivity index (χ4n) is 2.08. The largest absolute Gasteiger partial charge is 0.421 e. The van der Waals surface area contributed by atoms with Gasteiger partial charge in [0, 0.05) is 6.20 Å². The van der Waals surface area contributed by atoms with Gasteiger partial charge in [-0.05, 0) is 24.3 Å². The normalized spacial score (nSPS) is 11.2. The van der Waals surface area contributed by atoms with E-state index in [4.69, 9.17) is 0 Å². The van der Waals surface area contributed by atoms with E-state index in [-0.39, 0.29) is 0 Å². The molecule has 0 spiro atoms. The van der Waals surface area contributed by atoms with Crippen LogP contribution in [0.1, 0.15) is 5.56 Å². The quantitative estimate of drug-likeness (QED) is 0.588. The Labute approximate surface area is 152 Å². The molecular weight excluding hydrogens is 396 g/mol. The highest BCUT2D eigenvalue weighted by molar-refractivity contribution is 5.94. The molecule has 0 saturated carbocycles. The number of benzene rings is 1. The topological polar surface area (TPSA) is 80.2 Å². The molecule has 0 bridgehead atoms. The molecule has 2 amide bonds. The van der Waals surface area contributed by atoms with Crippen molar-refractivity contribution in [2.24, 2.45) is 0 Å². The van der Waals surface area contributed by atoms with E-state index in [9.17, 15) is 40.7 Å². The van der Waals surface area contributed by atoms with E-state index in [0.717, 1.165) is 18.3 Å². The molecule has 0 aliphatic carbocycles. The minimum atomic E-state index is -4.90. The lowest BCUT2D eigenvalue weighted by Gasteiger charge is -2.11. The molecule has 6 nitrogen and oxygen atoms in total. The van der Waals surface area contributed by atoms with Crippen molar-refractivity contribution < 1.29 is 35.9 Å². The summed E-state index contributed by atoms with van der Waals surface area (Å²) in [7, 11) is 0. The van der Waals surface area contributed by atoms with Gasteiger partial charge in [-0.25, -0.2) is 13.2 Å². The van der Waals surface area contributed by atoms with Crippen LogP contribution in [0, 0.1) is 17.5 Å². The predicted molar refractivity (Wildman–Crippen MR) is 83.7 cm³/mol. The maximum Gasteiger partial charge on any atom is 0.421 e. The fraction of sp³-hybridized carbons (Fsp3) is 0.188. The number of amides is 2. The lowest BCUT2D eigenvalue weighted by atomic mass is 10.2. The number of halogens is 6. The fourth-order valence-corrected chi connectivity index (χ4v) is 2.08. The number of alkyl halides is 3. The summed E-state index contributed by atoms with van der Waals surface area (Å²) in [6, 6.07) is 2.82. The Balaban J connectivity index is 1.97. The summed E-state index contributed by atoms with van der Waals surface area (Å²) in [5.74, 6) is -6.91. The number of anilines is 1. The maximum absolute atomic E-state index is 13.4. The molecule has 0 unspecified atom stereocenters. The molecule has 0 aliphatic rings. The summed E-state index contributed by atoms with van der Waals surface area (Å²) in [5, 5.41) is 3.89. The lowest BCUT2D eigenvalue weighted by molar-refractivity contribution is -0.139. The van der Waals surface area contributed by atoms with Crippen LogP contribution in [-0.4, -0.2) is 22.9 Å². The standard InChI is InChI=1S/C16H11F6N3O3/c17-9-3-4-10(14(19)13(9)18)24-11(26)6-23-12(27)7-25-5-1-2-8(15(25)28)16(20,21)22/h1-5H,6-7H2,(H,23,27)(H,24,26). The van der Waals surface area contributed by atoms with E-state index in [1.807, 2.05) is 10.6 Å². The summed E-state index contributed by atoms with van der Waals surface area (Å²) in [4.78, 5) is 35.1. The van der Waals surface area contributed by atoms with Gasteiger partial charge >= 0.3 is 6.18 Å². The lowest BCUT2D eigenvalue weighted by Crippen LogP contribution is -2.38. The molecule has 0 radical (unpaired) electrons. The van der Waals surface area contributed by atoms with E-state index in [2.05, 4.69) is 0 Å². The summed E-state index contributed by atoms with van der Waals surface area (Å²) < 4.78 is 77.8. The van der Waals surface area contributed by atoms with Crippen LogP contribution in [-0.2, 0) is 22.3 Å². The van der Waals surface area contributed by atoms with Crippen LogP contribution in [0.15, 0.2) is 35.3 Å². The zero-order valence-electron chi connectivity index (χ0n) is 13.7. The van der Waals surface area contributed by atoms with Crippen molar-refractivity contribution in [1.29, 1.82) is 0 Å². The molecule has 0 atom stereocenters. The number of carbonyl (C=O) groups excluding carboxylic acids is 2. The molecule has 1 aromatic carbocycles. The Hall–Kier alpha value is -3.31. The monoisotopic (exact) mass is 407 g/mol. The Morgan fingerprint density at radius 3 is 2.32 bits per heavy atom. The van der Waals surface area contributed by atoms with Crippen molar-refractivity contribution in [2.45, 2.75) is 12.7 Å². The van der Waals surface area contributed by atoms with Crippen LogP contribution in [0.5, 0.6) is 0 Å². The van der Waals surface area contributed by atoms with E-state index >= 15 is 0 Å². The summed E-state index contributed by atoms with van der Waals surface area (Å²) in [6.07, 6.45) is -3.95. The smallest absolute Gasteiger partial charge is 0.345 e. The van der Waals surface area contributed by atoms with Crippen molar-refractivity contribution in [2.75, 3.05) is 11.9 Å². The number of carbonyl (C=O) groups is 2. The van der Waals surface area contributed by atoms with Crippen molar-refractivity contribution in [3.63, 3.8) is 0 Å².